The van der Waals surface area contributed by atoms with Crippen LogP contribution in [0, 0.1) is 5.92 Å². The molecule has 0 aliphatic carbocycles. The van der Waals surface area contributed by atoms with Crippen molar-refractivity contribution in [3.8, 4) is 0 Å². The maximum Gasteiger partial charge on any atom is 0.243 e. The van der Waals surface area contributed by atoms with Crippen LogP contribution in [-0.2, 0) is 4.79 Å². The fraction of sp³-hybridized carbons (Fsp3) is 0.895. The van der Waals surface area contributed by atoms with Crippen molar-refractivity contribution in [2.24, 2.45) is 10.9 Å². The largest absolute Gasteiger partial charge is 0.356 e. The topological polar surface area (TPSA) is 51.2 Å². The van der Waals surface area contributed by atoms with Gasteiger partial charge in [-0.25, -0.2) is 4.99 Å². The average molecular weight is 352 g/mol. The fourth-order valence-corrected chi connectivity index (χ4v) is 3.61. The Bertz CT molecular complexity index is 432. The number of carbonyl (C=O) groups is 1. The number of rotatable bonds is 7. The Balaban J connectivity index is 1.87. The van der Waals surface area contributed by atoms with Gasteiger partial charge in [-0.05, 0) is 44.7 Å². The number of nitrogens with one attached hydrogen (secondary N) is 1. The molecule has 0 radical (unpaired) electrons. The molecule has 2 rings (SSSR count). The number of guanidine groups is 1. The third-order valence-electron chi connectivity index (χ3n) is 5.23. The molecule has 0 spiro atoms. The zero-order valence-corrected chi connectivity index (χ0v) is 16.5. The third-order valence-corrected chi connectivity index (χ3v) is 5.23. The summed E-state index contributed by atoms with van der Waals surface area (Å²) in [5.74, 6) is 1.70. The summed E-state index contributed by atoms with van der Waals surface area (Å²) in [5.41, 5.74) is 0. The van der Waals surface area contributed by atoms with E-state index in [0.29, 0.717) is 0 Å². The summed E-state index contributed by atoms with van der Waals surface area (Å²) < 4.78 is 0. The van der Waals surface area contributed by atoms with Crippen LogP contribution >= 0.6 is 0 Å². The first-order chi connectivity index (χ1) is 12.1. The molecule has 1 unspecified atom stereocenters. The number of nitrogens with zero attached hydrogens (tertiary/aromatic N) is 4. The van der Waals surface area contributed by atoms with Crippen molar-refractivity contribution in [1.82, 2.24) is 20.0 Å². The van der Waals surface area contributed by atoms with E-state index in [-0.39, 0.29) is 12.5 Å². The zero-order chi connectivity index (χ0) is 18.1. The highest BCUT2D eigenvalue weighted by Crippen LogP contribution is 2.20. The second-order valence-corrected chi connectivity index (χ2v) is 7.67. The summed E-state index contributed by atoms with van der Waals surface area (Å²) in [6.45, 7) is 9.21. The van der Waals surface area contributed by atoms with E-state index in [1.807, 2.05) is 0 Å². The van der Waals surface area contributed by atoms with Crippen molar-refractivity contribution < 1.29 is 4.79 Å². The lowest BCUT2D eigenvalue weighted by molar-refractivity contribution is -0.127. The van der Waals surface area contributed by atoms with E-state index in [9.17, 15) is 4.79 Å². The second kappa shape index (κ2) is 10.6. The number of likely N-dealkylation sites (tertiary alicyclic amines) is 2. The Hall–Kier alpha value is -1.30. The van der Waals surface area contributed by atoms with Crippen molar-refractivity contribution in [3.05, 3.63) is 0 Å². The standard InChI is InChI=1S/C19H37N5O/c1-4-5-10-20-19(21-14-18(25)22(2)3)24-13-9-17(16-24)15-23-11-7-6-8-12-23/h17H,4-16H2,1-3H3,(H,20,21). The molecule has 6 heteroatoms. The summed E-state index contributed by atoms with van der Waals surface area (Å²) in [4.78, 5) is 23.1. The normalized spacial score (nSPS) is 22.3. The average Bonchev–Trinajstić information content (AvgIpc) is 3.06. The molecule has 144 valence electrons. The summed E-state index contributed by atoms with van der Waals surface area (Å²) in [6.07, 6.45) is 7.63. The van der Waals surface area contributed by atoms with Crippen molar-refractivity contribution in [2.45, 2.75) is 45.4 Å². The van der Waals surface area contributed by atoms with E-state index >= 15 is 0 Å². The molecule has 0 saturated carbocycles. The second-order valence-electron chi connectivity index (χ2n) is 7.67. The van der Waals surface area contributed by atoms with Gasteiger partial charge in [-0.2, -0.15) is 0 Å². The number of likely N-dealkylation sites (N-methyl/N-ethyl adjacent to an activating group) is 1. The van der Waals surface area contributed by atoms with Crippen LogP contribution in [0.4, 0.5) is 0 Å². The smallest absolute Gasteiger partial charge is 0.243 e. The minimum atomic E-state index is 0.0545. The predicted molar refractivity (Wildman–Crippen MR) is 104 cm³/mol. The monoisotopic (exact) mass is 351 g/mol. The zero-order valence-electron chi connectivity index (χ0n) is 16.5. The minimum Gasteiger partial charge on any atom is -0.356 e. The summed E-state index contributed by atoms with van der Waals surface area (Å²) in [6, 6.07) is 0. The van der Waals surface area contributed by atoms with Gasteiger partial charge in [0, 0.05) is 40.3 Å². The number of piperidine rings is 1. The highest BCUT2D eigenvalue weighted by atomic mass is 16.2. The van der Waals surface area contributed by atoms with Gasteiger partial charge in [0.25, 0.3) is 0 Å². The molecule has 2 saturated heterocycles. The van der Waals surface area contributed by atoms with E-state index < -0.39 is 0 Å². The van der Waals surface area contributed by atoms with Gasteiger partial charge in [0.05, 0.1) is 0 Å². The Morgan fingerprint density at radius 3 is 2.64 bits per heavy atom. The highest BCUT2D eigenvalue weighted by molar-refractivity contribution is 5.85. The van der Waals surface area contributed by atoms with E-state index in [4.69, 9.17) is 0 Å². The van der Waals surface area contributed by atoms with E-state index in [0.717, 1.165) is 44.4 Å². The van der Waals surface area contributed by atoms with Crippen molar-refractivity contribution >= 4 is 11.9 Å². The van der Waals surface area contributed by atoms with E-state index in [1.54, 1.807) is 19.0 Å². The molecule has 2 aliphatic heterocycles. The van der Waals surface area contributed by atoms with Crippen molar-refractivity contribution in [3.63, 3.8) is 0 Å². The number of unbranched alkanes of at least 4 members (excludes halogenated alkanes) is 1. The molecule has 1 atom stereocenters. The number of hydrogen-bond donors (Lipinski definition) is 1. The van der Waals surface area contributed by atoms with Gasteiger partial charge in [0.2, 0.25) is 5.91 Å². The summed E-state index contributed by atoms with van der Waals surface area (Å²) in [5, 5.41) is 3.47. The van der Waals surface area contributed by atoms with Crippen molar-refractivity contribution in [1.29, 1.82) is 0 Å². The van der Waals surface area contributed by atoms with Gasteiger partial charge >= 0.3 is 0 Å². The Morgan fingerprint density at radius 1 is 1.20 bits per heavy atom. The van der Waals surface area contributed by atoms with Gasteiger partial charge in [0.15, 0.2) is 5.96 Å². The molecule has 2 heterocycles. The van der Waals surface area contributed by atoms with E-state index in [2.05, 4.69) is 27.0 Å². The lowest BCUT2D eigenvalue weighted by Crippen LogP contribution is -2.42. The molecule has 2 aliphatic rings. The van der Waals surface area contributed by atoms with Crippen LogP contribution in [0.2, 0.25) is 0 Å². The lowest BCUT2D eigenvalue weighted by Gasteiger charge is -2.29. The van der Waals surface area contributed by atoms with Crippen molar-refractivity contribution in [2.75, 3.05) is 59.9 Å². The number of amides is 1. The number of carbonyl (C=O) groups excluding carboxylic acids is 1. The Morgan fingerprint density at radius 2 is 1.96 bits per heavy atom. The lowest BCUT2D eigenvalue weighted by atomic mass is 10.1. The first-order valence-corrected chi connectivity index (χ1v) is 10.1. The van der Waals surface area contributed by atoms with Gasteiger partial charge in [-0.15, -0.1) is 0 Å². The summed E-state index contributed by atoms with van der Waals surface area (Å²) in [7, 11) is 3.57. The van der Waals surface area contributed by atoms with Gasteiger partial charge in [-0.3, -0.25) is 4.79 Å². The highest BCUT2D eigenvalue weighted by Gasteiger charge is 2.27. The Labute approximate surface area is 153 Å². The maximum atomic E-state index is 11.9. The van der Waals surface area contributed by atoms with Crippen LogP contribution < -0.4 is 5.32 Å². The van der Waals surface area contributed by atoms with Crippen LogP contribution in [0.25, 0.3) is 0 Å². The molecule has 6 nitrogen and oxygen atoms in total. The molecular weight excluding hydrogens is 314 g/mol. The molecule has 0 aromatic carbocycles. The molecule has 0 aromatic rings. The molecular formula is C19H37N5O. The molecule has 1 amide bonds. The first kappa shape index (κ1) is 20.0. The van der Waals surface area contributed by atoms with Crippen LogP contribution in [0.5, 0.6) is 0 Å². The molecule has 0 bridgehead atoms. The SMILES string of the molecule is CCCCNC(=NCC(=O)N(C)C)N1CCC(CN2CCCCC2)C1. The first-order valence-electron chi connectivity index (χ1n) is 10.1. The summed E-state index contributed by atoms with van der Waals surface area (Å²) >= 11 is 0. The van der Waals surface area contributed by atoms with Crippen LogP contribution in [0.3, 0.4) is 0 Å². The fourth-order valence-electron chi connectivity index (χ4n) is 3.61. The quantitative estimate of drug-likeness (QED) is 0.430. The van der Waals surface area contributed by atoms with Gasteiger partial charge in [-0.1, -0.05) is 19.8 Å². The predicted octanol–water partition coefficient (Wildman–Crippen LogP) is 1.63. The van der Waals surface area contributed by atoms with Crippen LogP contribution in [0.15, 0.2) is 4.99 Å². The number of hydrogen-bond acceptors (Lipinski definition) is 3. The van der Waals surface area contributed by atoms with Gasteiger partial charge < -0.3 is 20.0 Å². The van der Waals surface area contributed by atoms with Crippen LogP contribution in [-0.4, -0.2) is 86.5 Å². The molecule has 1 N–H and O–H groups in total. The minimum absolute atomic E-state index is 0.0545. The third kappa shape index (κ3) is 6.84. The van der Waals surface area contributed by atoms with Crippen LogP contribution in [0.1, 0.15) is 45.4 Å². The molecule has 0 aromatic heterocycles. The van der Waals surface area contributed by atoms with Gasteiger partial charge in [0.1, 0.15) is 6.54 Å². The Kier molecular flexibility index (Phi) is 8.52. The maximum absolute atomic E-state index is 11.9. The molecule has 2 fully saturated rings. The van der Waals surface area contributed by atoms with E-state index in [1.165, 1.54) is 45.3 Å². The molecule has 25 heavy (non-hydrogen) atoms. The number of aliphatic imine (C=N–C) groups is 1.